The number of nitrogens with zero attached hydrogens (tertiary/aromatic N) is 2. The number of hydrogen-bond acceptors (Lipinski definition) is 6. The molecule has 1 aromatic heterocycles. The van der Waals surface area contributed by atoms with E-state index in [1.165, 1.54) is 26.9 Å². The van der Waals surface area contributed by atoms with Crippen molar-refractivity contribution in [3.63, 3.8) is 0 Å². The van der Waals surface area contributed by atoms with Crippen molar-refractivity contribution in [1.29, 1.82) is 0 Å². The van der Waals surface area contributed by atoms with Crippen LogP contribution in [-0.2, 0) is 11.2 Å². The SMILES string of the molecule is COc1cc(NC(=O)CN(C)CCc2ccncc2)cc(OC)c1OC. The number of carbonyl (C=O) groups is 1. The second kappa shape index (κ2) is 9.62. The Hall–Kier alpha value is -2.80. The van der Waals surface area contributed by atoms with Crippen LogP contribution >= 0.6 is 0 Å². The Kier molecular flexibility index (Phi) is 7.23. The van der Waals surface area contributed by atoms with E-state index in [9.17, 15) is 4.79 Å². The highest BCUT2D eigenvalue weighted by Crippen LogP contribution is 2.39. The number of aromatic nitrogens is 1. The minimum atomic E-state index is -0.114. The second-order valence-corrected chi connectivity index (χ2v) is 5.81. The lowest BCUT2D eigenvalue weighted by molar-refractivity contribution is -0.117. The van der Waals surface area contributed by atoms with Gasteiger partial charge in [-0.05, 0) is 31.2 Å². The fourth-order valence-electron chi connectivity index (χ4n) is 2.55. The first-order valence-corrected chi connectivity index (χ1v) is 8.24. The van der Waals surface area contributed by atoms with Gasteiger partial charge in [0.05, 0.1) is 27.9 Å². The number of likely N-dealkylation sites (N-methyl/N-ethyl adjacent to an activating group) is 1. The number of anilines is 1. The molecule has 1 aromatic carbocycles. The molecule has 1 N–H and O–H groups in total. The molecule has 1 amide bonds. The third kappa shape index (κ3) is 5.35. The Morgan fingerprint density at radius 1 is 1.08 bits per heavy atom. The molecular weight excluding hydrogens is 334 g/mol. The van der Waals surface area contributed by atoms with Gasteiger partial charge in [0.1, 0.15) is 0 Å². The normalized spacial score (nSPS) is 10.5. The van der Waals surface area contributed by atoms with Gasteiger partial charge in [-0.1, -0.05) is 0 Å². The minimum Gasteiger partial charge on any atom is -0.493 e. The second-order valence-electron chi connectivity index (χ2n) is 5.81. The molecule has 0 radical (unpaired) electrons. The molecule has 7 heteroatoms. The Bertz CT molecular complexity index is 697. The van der Waals surface area contributed by atoms with Gasteiger partial charge in [-0.25, -0.2) is 0 Å². The van der Waals surface area contributed by atoms with E-state index in [0.29, 0.717) is 22.9 Å². The topological polar surface area (TPSA) is 72.9 Å². The van der Waals surface area contributed by atoms with Gasteiger partial charge in [0.15, 0.2) is 11.5 Å². The summed E-state index contributed by atoms with van der Waals surface area (Å²) in [6, 6.07) is 7.36. The number of rotatable bonds is 9. The van der Waals surface area contributed by atoms with Crippen molar-refractivity contribution in [1.82, 2.24) is 9.88 Å². The van der Waals surface area contributed by atoms with Gasteiger partial charge in [-0.2, -0.15) is 0 Å². The molecule has 0 bridgehead atoms. The molecule has 0 aliphatic heterocycles. The van der Waals surface area contributed by atoms with Crippen LogP contribution in [-0.4, -0.2) is 57.3 Å². The van der Waals surface area contributed by atoms with Gasteiger partial charge in [-0.15, -0.1) is 0 Å². The molecule has 1 heterocycles. The van der Waals surface area contributed by atoms with Crippen LogP contribution in [0.25, 0.3) is 0 Å². The van der Waals surface area contributed by atoms with Gasteiger partial charge in [0.2, 0.25) is 11.7 Å². The maximum absolute atomic E-state index is 12.3. The van der Waals surface area contributed by atoms with E-state index < -0.39 is 0 Å². The van der Waals surface area contributed by atoms with Gasteiger partial charge in [0.25, 0.3) is 0 Å². The lowest BCUT2D eigenvalue weighted by atomic mass is 10.2. The molecule has 0 fully saturated rings. The summed E-state index contributed by atoms with van der Waals surface area (Å²) in [5.74, 6) is 1.36. The number of pyridine rings is 1. The summed E-state index contributed by atoms with van der Waals surface area (Å²) in [5.41, 5.74) is 1.78. The van der Waals surface area contributed by atoms with E-state index in [0.717, 1.165) is 13.0 Å². The largest absolute Gasteiger partial charge is 0.493 e. The van der Waals surface area contributed by atoms with Crippen molar-refractivity contribution in [2.75, 3.05) is 46.8 Å². The average Bonchev–Trinajstić information content (AvgIpc) is 2.66. The number of nitrogens with one attached hydrogen (secondary N) is 1. The van der Waals surface area contributed by atoms with Crippen LogP contribution in [0.3, 0.4) is 0 Å². The van der Waals surface area contributed by atoms with E-state index in [4.69, 9.17) is 14.2 Å². The van der Waals surface area contributed by atoms with Crippen LogP contribution in [0.4, 0.5) is 5.69 Å². The van der Waals surface area contributed by atoms with Gasteiger partial charge in [-0.3, -0.25) is 14.7 Å². The fourth-order valence-corrected chi connectivity index (χ4v) is 2.55. The summed E-state index contributed by atoms with van der Waals surface area (Å²) in [6.45, 7) is 1.05. The zero-order chi connectivity index (χ0) is 18.9. The van der Waals surface area contributed by atoms with Crippen LogP contribution in [0.15, 0.2) is 36.7 Å². The van der Waals surface area contributed by atoms with E-state index in [1.807, 2.05) is 24.1 Å². The number of ether oxygens (including phenoxy) is 3. The number of methoxy groups -OCH3 is 3. The predicted octanol–water partition coefficient (Wildman–Crippen LogP) is 2.22. The van der Waals surface area contributed by atoms with Crippen LogP contribution in [0.2, 0.25) is 0 Å². The zero-order valence-corrected chi connectivity index (χ0v) is 15.6. The Morgan fingerprint density at radius 3 is 2.23 bits per heavy atom. The third-order valence-corrected chi connectivity index (χ3v) is 3.89. The Morgan fingerprint density at radius 2 is 1.69 bits per heavy atom. The molecular formula is C19H25N3O4. The molecule has 0 aliphatic rings. The first-order chi connectivity index (χ1) is 12.6. The monoisotopic (exact) mass is 359 g/mol. The van der Waals surface area contributed by atoms with Crippen LogP contribution in [0.5, 0.6) is 17.2 Å². The van der Waals surface area contributed by atoms with Crippen LogP contribution in [0.1, 0.15) is 5.56 Å². The lowest BCUT2D eigenvalue weighted by Crippen LogP contribution is -2.31. The maximum Gasteiger partial charge on any atom is 0.238 e. The highest BCUT2D eigenvalue weighted by atomic mass is 16.5. The lowest BCUT2D eigenvalue weighted by Gasteiger charge is -2.17. The van der Waals surface area contributed by atoms with Crippen molar-refractivity contribution in [3.8, 4) is 17.2 Å². The molecule has 7 nitrogen and oxygen atoms in total. The van der Waals surface area contributed by atoms with Gasteiger partial charge < -0.3 is 19.5 Å². The Balaban J connectivity index is 1.94. The predicted molar refractivity (Wildman–Crippen MR) is 100 cm³/mol. The van der Waals surface area contributed by atoms with Crippen molar-refractivity contribution in [3.05, 3.63) is 42.2 Å². The van der Waals surface area contributed by atoms with E-state index >= 15 is 0 Å². The van der Waals surface area contributed by atoms with Crippen LogP contribution in [0, 0.1) is 0 Å². The minimum absolute atomic E-state index is 0.114. The summed E-state index contributed by atoms with van der Waals surface area (Å²) in [6.07, 6.45) is 4.40. The molecule has 0 saturated carbocycles. The fraction of sp³-hybridized carbons (Fsp3) is 0.368. The van der Waals surface area contributed by atoms with E-state index in [2.05, 4.69) is 10.3 Å². The standard InChI is InChI=1S/C19H25N3O4/c1-22(10-7-14-5-8-20-9-6-14)13-18(23)21-15-11-16(24-2)19(26-4)17(12-15)25-3/h5-6,8-9,11-12H,7,10,13H2,1-4H3,(H,21,23). The van der Waals surface area contributed by atoms with Gasteiger partial charge in [0, 0.05) is 36.8 Å². The molecule has 2 aromatic rings. The molecule has 0 saturated heterocycles. The van der Waals surface area contributed by atoms with Gasteiger partial charge >= 0.3 is 0 Å². The van der Waals surface area contributed by atoms with Crippen LogP contribution < -0.4 is 19.5 Å². The number of hydrogen-bond donors (Lipinski definition) is 1. The third-order valence-electron chi connectivity index (χ3n) is 3.89. The first-order valence-electron chi connectivity index (χ1n) is 8.24. The summed E-state index contributed by atoms with van der Waals surface area (Å²) < 4.78 is 15.9. The Labute approximate surface area is 153 Å². The summed E-state index contributed by atoms with van der Waals surface area (Å²) in [7, 11) is 6.53. The summed E-state index contributed by atoms with van der Waals surface area (Å²) >= 11 is 0. The highest BCUT2D eigenvalue weighted by Gasteiger charge is 2.15. The van der Waals surface area contributed by atoms with E-state index in [1.54, 1.807) is 24.5 Å². The van der Waals surface area contributed by atoms with Crippen molar-refractivity contribution < 1.29 is 19.0 Å². The smallest absolute Gasteiger partial charge is 0.238 e. The molecule has 0 unspecified atom stereocenters. The highest BCUT2D eigenvalue weighted by molar-refractivity contribution is 5.93. The maximum atomic E-state index is 12.3. The molecule has 0 atom stereocenters. The summed E-state index contributed by atoms with van der Waals surface area (Å²) in [4.78, 5) is 18.3. The molecule has 0 spiro atoms. The van der Waals surface area contributed by atoms with Crippen molar-refractivity contribution >= 4 is 11.6 Å². The molecule has 26 heavy (non-hydrogen) atoms. The first kappa shape index (κ1) is 19.5. The number of amides is 1. The quantitative estimate of drug-likeness (QED) is 0.740. The average molecular weight is 359 g/mol. The molecule has 140 valence electrons. The number of benzene rings is 1. The summed E-state index contributed by atoms with van der Waals surface area (Å²) in [5, 5.41) is 2.87. The van der Waals surface area contributed by atoms with E-state index in [-0.39, 0.29) is 12.5 Å². The number of carbonyl (C=O) groups excluding carboxylic acids is 1. The van der Waals surface area contributed by atoms with Crippen molar-refractivity contribution in [2.24, 2.45) is 0 Å². The zero-order valence-electron chi connectivity index (χ0n) is 15.6. The molecule has 0 aliphatic carbocycles. The molecule has 2 rings (SSSR count). The van der Waals surface area contributed by atoms with Crippen molar-refractivity contribution in [2.45, 2.75) is 6.42 Å².